The molecule has 0 aliphatic carbocycles. The van der Waals surface area contributed by atoms with Crippen LogP contribution in [-0.4, -0.2) is 4.98 Å². The van der Waals surface area contributed by atoms with Gasteiger partial charge in [-0.1, -0.05) is 0 Å². The highest BCUT2D eigenvalue weighted by Gasteiger charge is 2.07. The number of thiazole rings is 1. The molecule has 1 aromatic heterocycles. The Morgan fingerprint density at radius 2 is 1.93 bits per heavy atom. The van der Waals surface area contributed by atoms with Gasteiger partial charge in [-0.2, -0.15) is 0 Å². The van der Waals surface area contributed by atoms with Gasteiger partial charge in [0.05, 0.1) is 5.69 Å². The summed E-state index contributed by atoms with van der Waals surface area (Å²) in [7, 11) is 0. The average molecular weight is 272 g/mol. The number of nitrogens with zero attached hydrogens (tertiary/aromatic N) is 1. The Morgan fingerprint density at radius 1 is 1.29 bits per heavy atom. The number of hydrogen-bond acceptors (Lipinski definition) is 2. The number of halogens is 2. The molecule has 0 amide bonds. The third-order valence-corrected chi connectivity index (χ3v) is 3.31. The molecule has 0 bridgehead atoms. The Bertz CT molecular complexity index is 450. The van der Waals surface area contributed by atoms with Gasteiger partial charge in [0.1, 0.15) is 5.82 Å². The summed E-state index contributed by atoms with van der Waals surface area (Å²) in [6.45, 7) is 2.00. The van der Waals surface area contributed by atoms with E-state index in [9.17, 15) is 4.39 Å². The third-order valence-electron chi connectivity index (χ3n) is 1.89. The second-order valence-corrected chi connectivity index (χ2v) is 5.36. The molecule has 4 heteroatoms. The molecule has 72 valence electrons. The Morgan fingerprint density at radius 3 is 2.43 bits per heavy atom. The van der Waals surface area contributed by atoms with Crippen molar-refractivity contribution in [3.05, 3.63) is 38.9 Å². The first kappa shape index (κ1) is 9.80. The molecule has 2 rings (SSSR count). The van der Waals surface area contributed by atoms with Crippen LogP contribution in [-0.2, 0) is 0 Å². The molecule has 0 spiro atoms. The number of aryl methyl sites for hydroxylation is 1. The highest BCUT2D eigenvalue weighted by molar-refractivity contribution is 9.11. The van der Waals surface area contributed by atoms with Crippen molar-refractivity contribution in [2.24, 2.45) is 0 Å². The van der Waals surface area contributed by atoms with Crippen molar-refractivity contribution in [3.63, 3.8) is 0 Å². The van der Waals surface area contributed by atoms with Crippen LogP contribution in [0.1, 0.15) is 4.88 Å². The molecule has 14 heavy (non-hydrogen) atoms. The summed E-state index contributed by atoms with van der Waals surface area (Å²) in [5, 5.41) is 0. The van der Waals surface area contributed by atoms with E-state index in [-0.39, 0.29) is 5.82 Å². The average Bonchev–Trinajstić information content (AvgIpc) is 2.47. The van der Waals surface area contributed by atoms with Crippen LogP contribution in [0.4, 0.5) is 4.39 Å². The summed E-state index contributed by atoms with van der Waals surface area (Å²) >= 11 is 4.91. The van der Waals surface area contributed by atoms with Crippen molar-refractivity contribution >= 4 is 27.3 Å². The van der Waals surface area contributed by atoms with Gasteiger partial charge >= 0.3 is 0 Å². The van der Waals surface area contributed by atoms with Crippen molar-refractivity contribution in [2.75, 3.05) is 0 Å². The topological polar surface area (TPSA) is 12.9 Å². The van der Waals surface area contributed by atoms with Gasteiger partial charge in [-0.15, -0.1) is 11.3 Å². The van der Waals surface area contributed by atoms with Crippen LogP contribution in [0, 0.1) is 12.7 Å². The van der Waals surface area contributed by atoms with E-state index in [0.717, 1.165) is 20.1 Å². The second kappa shape index (κ2) is 3.79. The molecule has 1 heterocycles. The first-order valence-corrected chi connectivity index (χ1v) is 5.66. The molecule has 2 aromatic rings. The second-order valence-electron chi connectivity index (χ2n) is 2.88. The minimum Gasteiger partial charge on any atom is -0.229 e. The van der Waals surface area contributed by atoms with Crippen LogP contribution in [0.3, 0.4) is 0 Å². The largest absolute Gasteiger partial charge is 0.229 e. The lowest BCUT2D eigenvalue weighted by Crippen LogP contribution is -1.80. The van der Waals surface area contributed by atoms with Gasteiger partial charge < -0.3 is 0 Å². The van der Waals surface area contributed by atoms with Crippen molar-refractivity contribution < 1.29 is 4.39 Å². The fourth-order valence-corrected chi connectivity index (χ4v) is 2.80. The molecule has 0 N–H and O–H groups in total. The lowest BCUT2D eigenvalue weighted by molar-refractivity contribution is 0.628. The molecule has 0 atom stereocenters. The van der Waals surface area contributed by atoms with E-state index in [0.29, 0.717) is 0 Å². The van der Waals surface area contributed by atoms with Crippen molar-refractivity contribution in [3.8, 4) is 11.3 Å². The van der Waals surface area contributed by atoms with Gasteiger partial charge in [0.2, 0.25) is 0 Å². The normalized spacial score (nSPS) is 10.5. The molecule has 0 fully saturated rings. The summed E-state index contributed by atoms with van der Waals surface area (Å²) < 4.78 is 13.5. The lowest BCUT2D eigenvalue weighted by atomic mass is 10.1. The first-order valence-electron chi connectivity index (χ1n) is 4.05. The zero-order chi connectivity index (χ0) is 10.1. The van der Waals surface area contributed by atoms with Crippen LogP contribution in [0.5, 0.6) is 0 Å². The highest BCUT2D eigenvalue weighted by atomic mass is 79.9. The minimum atomic E-state index is -0.222. The first-order chi connectivity index (χ1) is 6.66. The summed E-state index contributed by atoms with van der Waals surface area (Å²) in [6.07, 6.45) is 0. The van der Waals surface area contributed by atoms with E-state index in [1.165, 1.54) is 12.1 Å². The molecule has 0 radical (unpaired) electrons. The molecule has 0 saturated heterocycles. The van der Waals surface area contributed by atoms with Crippen LogP contribution < -0.4 is 0 Å². The van der Waals surface area contributed by atoms with E-state index in [1.807, 2.05) is 6.92 Å². The predicted octanol–water partition coefficient (Wildman–Crippen LogP) is 4.02. The van der Waals surface area contributed by atoms with Crippen LogP contribution in [0.2, 0.25) is 0 Å². The maximum atomic E-state index is 12.7. The van der Waals surface area contributed by atoms with E-state index in [1.54, 1.807) is 23.5 Å². The summed E-state index contributed by atoms with van der Waals surface area (Å²) in [6, 6.07) is 6.37. The predicted molar refractivity (Wildman–Crippen MR) is 59.9 cm³/mol. The monoisotopic (exact) mass is 271 g/mol. The van der Waals surface area contributed by atoms with Crippen LogP contribution in [0.15, 0.2) is 28.2 Å². The number of hydrogen-bond donors (Lipinski definition) is 0. The van der Waals surface area contributed by atoms with E-state index in [4.69, 9.17) is 0 Å². The van der Waals surface area contributed by atoms with Gasteiger partial charge in [-0.25, -0.2) is 9.37 Å². The van der Waals surface area contributed by atoms with Crippen molar-refractivity contribution in [1.29, 1.82) is 0 Å². The zero-order valence-electron chi connectivity index (χ0n) is 7.42. The summed E-state index contributed by atoms with van der Waals surface area (Å²) in [5.41, 5.74) is 1.87. The van der Waals surface area contributed by atoms with Crippen molar-refractivity contribution in [2.45, 2.75) is 6.92 Å². The minimum absolute atomic E-state index is 0.222. The third kappa shape index (κ3) is 1.86. The Balaban J connectivity index is 2.49. The molecule has 1 aromatic carbocycles. The number of benzene rings is 1. The molecular formula is C10H7BrFNS. The van der Waals surface area contributed by atoms with Gasteiger partial charge in [0, 0.05) is 10.4 Å². The van der Waals surface area contributed by atoms with Crippen LogP contribution in [0.25, 0.3) is 11.3 Å². The molecule has 0 saturated carbocycles. The van der Waals surface area contributed by atoms with E-state index >= 15 is 0 Å². The Hall–Kier alpha value is -0.740. The maximum Gasteiger partial charge on any atom is 0.160 e. The van der Waals surface area contributed by atoms with Gasteiger partial charge in [0.15, 0.2) is 3.92 Å². The number of rotatable bonds is 1. The Kier molecular flexibility index (Phi) is 2.65. The van der Waals surface area contributed by atoms with Gasteiger partial charge in [0.25, 0.3) is 0 Å². The fourth-order valence-electron chi connectivity index (χ4n) is 1.24. The molecule has 0 unspecified atom stereocenters. The summed E-state index contributed by atoms with van der Waals surface area (Å²) in [5.74, 6) is -0.222. The zero-order valence-corrected chi connectivity index (χ0v) is 9.82. The van der Waals surface area contributed by atoms with Crippen molar-refractivity contribution in [1.82, 2.24) is 4.98 Å². The standard InChI is InChI=1S/C10H7BrFNS/c1-6-9(13-10(11)14-6)7-2-4-8(12)5-3-7/h2-5H,1H3. The van der Waals surface area contributed by atoms with Crippen LogP contribution >= 0.6 is 27.3 Å². The SMILES string of the molecule is Cc1sc(Br)nc1-c1ccc(F)cc1. The molecular weight excluding hydrogens is 265 g/mol. The lowest BCUT2D eigenvalue weighted by Gasteiger charge is -1.97. The van der Waals surface area contributed by atoms with E-state index < -0.39 is 0 Å². The van der Waals surface area contributed by atoms with E-state index in [2.05, 4.69) is 20.9 Å². The molecule has 0 aliphatic heterocycles. The smallest absolute Gasteiger partial charge is 0.160 e. The molecule has 0 aliphatic rings. The fraction of sp³-hybridized carbons (Fsp3) is 0.100. The highest BCUT2D eigenvalue weighted by Crippen LogP contribution is 2.30. The molecule has 1 nitrogen and oxygen atoms in total. The Labute approximate surface area is 93.7 Å². The number of aromatic nitrogens is 1. The quantitative estimate of drug-likeness (QED) is 0.764. The van der Waals surface area contributed by atoms with Gasteiger partial charge in [-0.3, -0.25) is 0 Å². The summed E-state index contributed by atoms with van der Waals surface area (Å²) in [4.78, 5) is 5.45. The maximum absolute atomic E-state index is 12.7. The van der Waals surface area contributed by atoms with Gasteiger partial charge in [-0.05, 0) is 47.1 Å².